The molecule has 0 amide bonds. The molecule has 3 nitrogen and oxygen atoms in total. The van der Waals surface area contributed by atoms with E-state index in [1.165, 1.54) is 31.3 Å². The number of hydrogen-bond acceptors (Lipinski definition) is 3. The maximum absolute atomic E-state index is 12.2. The summed E-state index contributed by atoms with van der Waals surface area (Å²) in [6.07, 6.45) is 10.6. The van der Waals surface area contributed by atoms with Gasteiger partial charge in [0.1, 0.15) is 5.60 Å². The van der Waals surface area contributed by atoms with Gasteiger partial charge >= 0.3 is 5.97 Å². The summed E-state index contributed by atoms with van der Waals surface area (Å²) in [6, 6.07) is 0. The van der Waals surface area contributed by atoms with Crippen LogP contribution in [0.2, 0.25) is 0 Å². The second kappa shape index (κ2) is 4.39. The predicted molar refractivity (Wildman–Crippen MR) is 99.5 cm³/mol. The number of fused-ring (bicyclic) bond motifs is 12. The molecule has 1 spiro atoms. The van der Waals surface area contributed by atoms with E-state index >= 15 is 0 Å². The molecule has 6 aliphatic carbocycles. The van der Waals surface area contributed by atoms with E-state index in [2.05, 4.69) is 19.9 Å². The third-order valence-corrected chi connectivity index (χ3v) is 10.9. The first kappa shape index (κ1) is 15.8. The fourth-order valence-electron chi connectivity index (χ4n) is 9.74. The van der Waals surface area contributed by atoms with Crippen LogP contribution in [-0.2, 0) is 14.3 Å². The molecule has 3 heteroatoms. The second-order valence-corrected chi connectivity index (χ2v) is 11.5. The first-order chi connectivity index (χ1) is 12.9. The van der Waals surface area contributed by atoms with Crippen molar-refractivity contribution in [1.29, 1.82) is 0 Å². The smallest absolute Gasteiger partial charge is 0.306 e. The SMILES string of the molecule is CC12CCC(=O)C=C1[C@@H]1C[C@@H]1[C@@H]1[C@H]3[C@H]4C[C@@H]4[C@]4(CCC(=O)O4)[C@@]3(C)CC[C@H]12. The molecule has 7 rings (SSSR count). The second-order valence-electron chi connectivity index (χ2n) is 11.5. The average Bonchev–Trinajstić information content (AvgIpc) is 3.53. The summed E-state index contributed by atoms with van der Waals surface area (Å²) < 4.78 is 6.22. The molecule has 1 saturated heterocycles. The minimum absolute atomic E-state index is 0.0561. The van der Waals surface area contributed by atoms with Crippen LogP contribution in [0.1, 0.15) is 65.2 Å². The fraction of sp³-hybridized carbons (Fsp3) is 0.833. The van der Waals surface area contributed by atoms with Gasteiger partial charge < -0.3 is 4.74 Å². The Morgan fingerprint density at radius 3 is 2.63 bits per heavy atom. The highest BCUT2D eigenvalue weighted by Gasteiger charge is 2.81. The van der Waals surface area contributed by atoms with Crippen molar-refractivity contribution in [2.75, 3.05) is 0 Å². The largest absolute Gasteiger partial charge is 0.458 e. The Balaban J connectivity index is 1.33. The van der Waals surface area contributed by atoms with Gasteiger partial charge in [0.05, 0.1) is 0 Å². The van der Waals surface area contributed by atoms with Gasteiger partial charge in [0.2, 0.25) is 0 Å². The van der Waals surface area contributed by atoms with E-state index in [-0.39, 0.29) is 22.4 Å². The Morgan fingerprint density at radius 1 is 1.00 bits per heavy atom. The molecule has 10 atom stereocenters. The van der Waals surface area contributed by atoms with Crippen LogP contribution in [0.3, 0.4) is 0 Å². The van der Waals surface area contributed by atoms with Crippen LogP contribution in [0.5, 0.6) is 0 Å². The zero-order chi connectivity index (χ0) is 18.3. The van der Waals surface area contributed by atoms with Crippen molar-refractivity contribution in [3.8, 4) is 0 Å². The molecule has 144 valence electrons. The average molecular weight is 367 g/mol. The van der Waals surface area contributed by atoms with E-state index in [9.17, 15) is 9.59 Å². The zero-order valence-electron chi connectivity index (χ0n) is 16.5. The lowest BCUT2D eigenvalue weighted by Crippen LogP contribution is -2.57. The number of ketones is 1. The van der Waals surface area contributed by atoms with Crippen molar-refractivity contribution in [2.45, 2.75) is 70.8 Å². The van der Waals surface area contributed by atoms with E-state index in [4.69, 9.17) is 4.74 Å². The van der Waals surface area contributed by atoms with Crippen LogP contribution in [0, 0.1) is 52.3 Å². The maximum Gasteiger partial charge on any atom is 0.306 e. The van der Waals surface area contributed by atoms with Gasteiger partial charge in [0.15, 0.2) is 5.78 Å². The molecule has 5 saturated carbocycles. The highest BCUT2D eigenvalue weighted by Crippen LogP contribution is 2.82. The van der Waals surface area contributed by atoms with Crippen LogP contribution in [-0.4, -0.2) is 17.4 Å². The summed E-state index contributed by atoms with van der Waals surface area (Å²) >= 11 is 0. The highest BCUT2D eigenvalue weighted by molar-refractivity contribution is 5.92. The molecule has 0 aromatic carbocycles. The molecule has 27 heavy (non-hydrogen) atoms. The highest BCUT2D eigenvalue weighted by atomic mass is 16.6. The lowest BCUT2D eigenvalue weighted by atomic mass is 9.45. The van der Waals surface area contributed by atoms with Gasteiger partial charge in [-0.2, -0.15) is 0 Å². The molecular formula is C24H30O3. The number of carbonyl (C=O) groups excluding carboxylic acids is 2. The standard InChI is InChI=1S/C24H30O3/c1-22-6-3-12(25)9-17(22)13-10-14(13)20-16(22)4-7-23(2)21(20)15-11-18(15)24(23)8-5-19(26)27-24/h9,13-16,18,20-21H,3-8,10-11H2,1-2H3/t13-,14+,15+,16-,18+,20+,21-,22?,23+,24-/m1/s1. The Labute approximate surface area is 161 Å². The number of esters is 1. The monoisotopic (exact) mass is 366 g/mol. The number of ether oxygens (including phenoxy) is 1. The van der Waals surface area contributed by atoms with Gasteiger partial charge in [-0.1, -0.05) is 19.4 Å². The van der Waals surface area contributed by atoms with E-state index in [0.717, 1.165) is 48.9 Å². The molecular weight excluding hydrogens is 336 g/mol. The Bertz CT molecular complexity index is 827. The summed E-state index contributed by atoms with van der Waals surface area (Å²) in [5.74, 6) is 5.65. The van der Waals surface area contributed by atoms with Crippen LogP contribution in [0.25, 0.3) is 0 Å². The lowest BCUT2D eigenvalue weighted by Gasteiger charge is -2.60. The van der Waals surface area contributed by atoms with Crippen molar-refractivity contribution >= 4 is 11.8 Å². The van der Waals surface area contributed by atoms with Crippen LogP contribution >= 0.6 is 0 Å². The lowest BCUT2D eigenvalue weighted by molar-refractivity contribution is -0.177. The first-order valence-corrected chi connectivity index (χ1v) is 11.4. The van der Waals surface area contributed by atoms with Crippen molar-refractivity contribution in [1.82, 2.24) is 0 Å². The Hall–Kier alpha value is -1.12. The normalized spacial score (nSPS) is 62.0. The van der Waals surface area contributed by atoms with Crippen molar-refractivity contribution in [3.05, 3.63) is 11.6 Å². The minimum atomic E-state index is -0.131. The molecule has 6 fully saturated rings. The van der Waals surface area contributed by atoms with Crippen LogP contribution in [0.4, 0.5) is 0 Å². The number of hydrogen-bond donors (Lipinski definition) is 0. The maximum atomic E-state index is 12.2. The van der Waals surface area contributed by atoms with E-state index in [0.29, 0.717) is 24.0 Å². The molecule has 0 aromatic heterocycles. The first-order valence-electron chi connectivity index (χ1n) is 11.4. The Morgan fingerprint density at radius 2 is 1.85 bits per heavy atom. The van der Waals surface area contributed by atoms with Gasteiger partial charge in [0.25, 0.3) is 0 Å². The quantitative estimate of drug-likeness (QED) is 0.600. The molecule has 0 bridgehead atoms. The zero-order valence-corrected chi connectivity index (χ0v) is 16.5. The summed E-state index contributed by atoms with van der Waals surface area (Å²) in [5.41, 5.74) is 1.85. The summed E-state index contributed by atoms with van der Waals surface area (Å²) in [6.45, 7) is 4.99. The predicted octanol–water partition coefficient (Wildman–Crippen LogP) is 4.31. The molecule has 1 heterocycles. The van der Waals surface area contributed by atoms with E-state index in [1.54, 1.807) is 0 Å². The van der Waals surface area contributed by atoms with E-state index in [1.807, 2.05) is 0 Å². The molecule has 0 aromatic rings. The van der Waals surface area contributed by atoms with Crippen molar-refractivity contribution in [2.24, 2.45) is 52.3 Å². The minimum Gasteiger partial charge on any atom is -0.458 e. The molecule has 0 radical (unpaired) electrons. The Kier molecular flexibility index (Phi) is 2.56. The third-order valence-electron chi connectivity index (χ3n) is 10.9. The van der Waals surface area contributed by atoms with Gasteiger partial charge in [-0.15, -0.1) is 0 Å². The van der Waals surface area contributed by atoms with Gasteiger partial charge in [-0.25, -0.2) is 0 Å². The molecule has 7 aliphatic rings. The third kappa shape index (κ3) is 1.58. The molecule has 0 N–H and O–H groups in total. The molecule has 1 unspecified atom stereocenters. The van der Waals surface area contributed by atoms with Crippen molar-refractivity contribution in [3.63, 3.8) is 0 Å². The topological polar surface area (TPSA) is 43.4 Å². The molecule has 1 aliphatic heterocycles. The fourth-order valence-corrected chi connectivity index (χ4v) is 9.74. The number of allylic oxidation sites excluding steroid dienone is 1. The van der Waals surface area contributed by atoms with Crippen LogP contribution in [0.15, 0.2) is 11.6 Å². The summed E-state index contributed by atoms with van der Waals surface area (Å²) in [5, 5.41) is 0. The number of carbonyl (C=O) groups is 2. The van der Waals surface area contributed by atoms with Crippen LogP contribution < -0.4 is 0 Å². The summed E-state index contributed by atoms with van der Waals surface area (Å²) in [7, 11) is 0. The van der Waals surface area contributed by atoms with Gasteiger partial charge in [0, 0.05) is 24.2 Å². The van der Waals surface area contributed by atoms with Crippen molar-refractivity contribution < 1.29 is 14.3 Å². The van der Waals surface area contributed by atoms with E-state index < -0.39 is 0 Å². The number of rotatable bonds is 0. The van der Waals surface area contributed by atoms with Gasteiger partial charge in [-0.05, 0) is 85.5 Å². The summed E-state index contributed by atoms with van der Waals surface area (Å²) in [4.78, 5) is 24.3. The van der Waals surface area contributed by atoms with Gasteiger partial charge in [-0.3, -0.25) is 9.59 Å².